The zero-order valence-electron chi connectivity index (χ0n) is 15.8. The molecule has 0 unspecified atom stereocenters. The van der Waals surface area contributed by atoms with Crippen molar-refractivity contribution in [1.29, 1.82) is 0 Å². The number of sulfone groups is 1. The lowest BCUT2D eigenvalue weighted by Crippen LogP contribution is -2.35. The summed E-state index contributed by atoms with van der Waals surface area (Å²) in [7, 11) is -5.47. The van der Waals surface area contributed by atoms with Gasteiger partial charge in [0.1, 0.15) is 5.75 Å². The first kappa shape index (κ1) is 21.3. The normalized spacial score (nSPS) is 18.3. The first-order valence-electron chi connectivity index (χ1n) is 8.92. The van der Waals surface area contributed by atoms with Gasteiger partial charge < -0.3 is 10.1 Å². The van der Waals surface area contributed by atoms with Crippen molar-refractivity contribution in [2.45, 2.75) is 23.9 Å². The standard InChI is InChI=1S/C19H22N2O6S2/c1-27-17-6-2-14(3-7-17)12-20-19(22)15-4-8-18(9-5-15)29(25,26)21-16-10-11-28(23,24)13-16/h2-9,16,21H,10-13H2,1H3,(H,20,22)/t16-/m0/s1. The number of carbonyl (C=O) groups is 1. The fourth-order valence-corrected chi connectivity index (χ4v) is 6.04. The van der Waals surface area contributed by atoms with Crippen molar-refractivity contribution in [2.24, 2.45) is 0 Å². The van der Waals surface area contributed by atoms with E-state index in [0.29, 0.717) is 12.1 Å². The van der Waals surface area contributed by atoms with Crippen LogP contribution in [-0.2, 0) is 26.4 Å². The van der Waals surface area contributed by atoms with Crippen LogP contribution in [0.3, 0.4) is 0 Å². The summed E-state index contributed by atoms with van der Waals surface area (Å²) < 4.78 is 55.3. The molecule has 1 aliphatic heterocycles. The van der Waals surface area contributed by atoms with Crippen LogP contribution in [0.5, 0.6) is 5.75 Å². The van der Waals surface area contributed by atoms with Gasteiger partial charge in [-0.3, -0.25) is 4.79 Å². The number of carbonyl (C=O) groups excluding carboxylic acids is 1. The number of methoxy groups -OCH3 is 1. The SMILES string of the molecule is COc1ccc(CNC(=O)c2ccc(S(=O)(=O)N[C@H]3CCS(=O)(=O)C3)cc2)cc1. The van der Waals surface area contributed by atoms with E-state index >= 15 is 0 Å². The Balaban J connectivity index is 1.60. The highest BCUT2D eigenvalue weighted by Crippen LogP contribution is 2.17. The lowest BCUT2D eigenvalue weighted by Gasteiger charge is -2.12. The lowest BCUT2D eigenvalue weighted by atomic mass is 10.2. The van der Waals surface area contributed by atoms with Gasteiger partial charge in [0.2, 0.25) is 10.0 Å². The van der Waals surface area contributed by atoms with Crippen molar-refractivity contribution in [3.63, 3.8) is 0 Å². The number of rotatable bonds is 7. The maximum absolute atomic E-state index is 12.4. The first-order valence-corrected chi connectivity index (χ1v) is 12.2. The van der Waals surface area contributed by atoms with E-state index in [9.17, 15) is 21.6 Å². The second kappa shape index (κ2) is 8.52. The summed E-state index contributed by atoms with van der Waals surface area (Å²) in [6.45, 7) is 0.320. The Bertz CT molecular complexity index is 1080. The number of sulfonamides is 1. The molecule has 0 aromatic heterocycles. The molecule has 0 radical (unpaired) electrons. The van der Waals surface area contributed by atoms with Crippen molar-refractivity contribution in [1.82, 2.24) is 10.0 Å². The molecule has 3 rings (SSSR count). The van der Waals surface area contributed by atoms with Crippen LogP contribution in [0.1, 0.15) is 22.3 Å². The maximum Gasteiger partial charge on any atom is 0.251 e. The molecule has 2 aromatic rings. The summed E-state index contributed by atoms with van der Waals surface area (Å²) in [6.07, 6.45) is 0.257. The van der Waals surface area contributed by atoms with Gasteiger partial charge in [0.05, 0.1) is 23.5 Å². The van der Waals surface area contributed by atoms with E-state index in [0.717, 1.165) is 11.3 Å². The van der Waals surface area contributed by atoms with Crippen LogP contribution in [0, 0.1) is 0 Å². The molecule has 2 aromatic carbocycles. The zero-order valence-corrected chi connectivity index (χ0v) is 17.4. The van der Waals surface area contributed by atoms with E-state index in [1.807, 2.05) is 12.1 Å². The van der Waals surface area contributed by atoms with Gasteiger partial charge in [0.25, 0.3) is 5.91 Å². The average molecular weight is 439 g/mol. The molecule has 0 aliphatic carbocycles. The minimum absolute atomic E-state index is 0.0199. The molecule has 1 aliphatic rings. The van der Waals surface area contributed by atoms with E-state index in [1.54, 1.807) is 19.2 Å². The van der Waals surface area contributed by atoms with Gasteiger partial charge in [0, 0.05) is 18.2 Å². The molecule has 10 heteroatoms. The topological polar surface area (TPSA) is 119 Å². The van der Waals surface area contributed by atoms with Crippen molar-refractivity contribution in [3.8, 4) is 5.75 Å². The fraction of sp³-hybridized carbons (Fsp3) is 0.316. The molecule has 2 N–H and O–H groups in total. The molecule has 156 valence electrons. The van der Waals surface area contributed by atoms with Crippen molar-refractivity contribution in [3.05, 3.63) is 59.7 Å². The van der Waals surface area contributed by atoms with Crippen molar-refractivity contribution >= 4 is 25.8 Å². The van der Waals surface area contributed by atoms with E-state index in [-0.39, 0.29) is 28.7 Å². The Morgan fingerprint density at radius 3 is 2.31 bits per heavy atom. The van der Waals surface area contributed by atoms with Gasteiger partial charge in [-0.1, -0.05) is 12.1 Å². The Morgan fingerprint density at radius 1 is 1.10 bits per heavy atom. The molecule has 29 heavy (non-hydrogen) atoms. The molecule has 1 amide bonds. The number of benzene rings is 2. The number of ether oxygens (including phenoxy) is 1. The van der Waals surface area contributed by atoms with E-state index in [2.05, 4.69) is 10.0 Å². The molecular formula is C19H22N2O6S2. The Hall–Kier alpha value is -2.43. The Morgan fingerprint density at radius 2 is 1.76 bits per heavy atom. The van der Waals surface area contributed by atoms with Gasteiger partial charge in [0.15, 0.2) is 9.84 Å². The van der Waals surface area contributed by atoms with Crippen LogP contribution < -0.4 is 14.8 Å². The highest BCUT2D eigenvalue weighted by molar-refractivity contribution is 7.92. The third kappa shape index (κ3) is 5.55. The number of amides is 1. The first-order chi connectivity index (χ1) is 13.7. The molecule has 1 fully saturated rings. The fourth-order valence-electron chi connectivity index (χ4n) is 2.99. The molecule has 1 saturated heterocycles. The predicted octanol–water partition coefficient (Wildman–Crippen LogP) is 1.09. The summed E-state index contributed by atoms with van der Waals surface area (Å²) in [5, 5.41) is 2.77. The van der Waals surface area contributed by atoms with E-state index in [1.165, 1.54) is 24.3 Å². The highest BCUT2D eigenvalue weighted by Gasteiger charge is 2.31. The second-order valence-electron chi connectivity index (χ2n) is 6.78. The predicted molar refractivity (Wildman–Crippen MR) is 108 cm³/mol. The Kier molecular flexibility index (Phi) is 6.25. The zero-order chi connectivity index (χ0) is 21.1. The monoisotopic (exact) mass is 438 g/mol. The van der Waals surface area contributed by atoms with Gasteiger partial charge >= 0.3 is 0 Å². The summed E-state index contributed by atoms with van der Waals surface area (Å²) in [4.78, 5) is 12.3. The third-order valence-electron chi connectivity index (χ3n) is 4.59. The third-order valence-corrected chi connectivity index (χ3v) is 7.90. The lowest BCUT2D eigenvalue weighted by molar-refractivity contribution is 0.0951. The maximum atomic E-state index is 12.4. The number of hydrogen-bond donors (Lipinski definition) is 2. The van der Waals surface area contributed by atoms with Gasteiger partial charge in [-0.25, -0.2) is 21.6 Å². The van der Waals surface area contributed by atoms with Crippen LogP contribution in [0.4, 0.5) is 0 Å². The summed E-state index contributed by atoms with van der Waals surface area (Å²) in [5.74, 6) is 0.172. The van der Waals surface area contributed by atoms with Crippen LogP contribution in [-0.4, -0.2) is 47.4 Å². The molecule has 0 saturated carbocycles. The van der Waals surface area contributed by atoms with Crippen LogP contribution in [0.2, 0.25) is 0 Å². The smallest absolute Gasteiger partial charge is 0.251 e. The van der Waals surface area contributed by atoms with E-state index < -0.39 is 25.9 Å². The Labute approximate surface area is 170 Å². The molecule has 0 bridgehead atoms. The summed E-state index contributed by atoms with van der Waals surface area (Å²) >= 11 is 0. The molecular weight excluding hydrogens is 416 g/mol. The second-order valence-corrected chi connectivity index (χ2v) is 10.7. The van der Waals surface area contributed by atoms with Crippen molar-refractivity contribution in [2.75, 3.05) is 18.6 Å². The molecule has 8 nitrogen and oxygen atoms in total. The van der Waals surface area contributed by atoms with Crippen LogP contribution in [0.15, 0.2) is 53.4 Å². The number of nitrogens with one attached hydrogen (secondary N) is 2. The summed E-state index contributed by atoms with van der Waals surface area (Å²) in [5.41, 5.74) is 1.22. The minimum atomic E-state index is -3.86. The van der Waals surface area contributed by atoms with Gasteiger partial charge in [-0.05, 0) is 48.4 Å². The van der Waals surface area contributed by atoms with Crippen LogP contribution in [0.25, 0.3) is 0 Å². The minimum Gasteiger partial charge on any atom is -0.497 e. The largest absolute Gasteiger partial charge is 0.497 e. The number of hydrogen-bond acceptors (Lipinski definition) is 6. The van der Waals surface area contributed by atoms with Gasteiger partial charge in [-0.15, -0.1) is 0 Å². The summed E-state index contributed by atoms with van der Waals surface area (Å²) in [6, 6.07) is 12.1. The van der Waals surface area contributed by atoms with Gasteiger partial charge in [-0.2, -0.15) is 0 Å². The van der Waals surface area contributed by atoms with Crippen LogP contribution >= 0.6 is 0 Å². The molecule has 1 heterocycles. The average Bonchev–Trinajstić information content (AvgIpc) is 3.04. The highest BCUT2D eigenvalue weighted by atomic mass is 32.2. The quantitative estimate of drug-likeness (QED) is 0.668. The van der Waals surface area contributed by atoms with E-state index in [4.69, 9.17) is 4.74 Å². The molecule has 0 spiro atoms. The van der Waals surface area contributed by atoms with Crippen molar-refractivity contribution < 1.29 is 26.4 Å². The molecule has 1 atom stereocenters.